The van der Waals surface area contributed by atoms with Gasteiger partial charge in [-0.05, 0) is 18.2 Å². The fraction of sp³-hybridized carbons (Fsp3) is 0.571. The molecule has 0 bridgehead atoms. The molecule has 0 aliphatic carbocycles. The van der Waals surface area contributed by atoms with Gasteiger partial charge in [0.1, 0.15) is 23.7 Å². The molecule has 21 heavy (non-hydrogen) atoms. The van der Waals surface area contributed by atoms with Crippen molar-refractivity contribution in [2.45, 2.75) is 30.7 Å². The fourth-order valence-electron chi connectivity index (χ4n) is 3.01. The Hall–Kier alpha value is -1.38. The average molecular weight is 298 g/mol. The Labute approximate surface area is 121 Å². The zero-order valence-corrected chi connectivity index (χ0v) is 11.4. The van der Waals surface area contributed by atoms with Gasteiger partial charge in [-0.25, -0.2) is 0 Å². The lowest BCUT2D eigenvalue weighted by Gasteiger charge is -2.47. The summed E-state index contributed by atoms with van der Waals surface area (Å²) in [6.45, 7) is -0.426. The van der Waals surface area contributed by atoms with Crippen molar-refractivity contribution >= 4 is 0 Å². The van der Waals surface area contributed by atoms with Crippen LogP contribution in [0.3, 0.4) is 0 Å². The molecule has 2 unspecified atom stereocenters. The van der Waals surface area contributed by atoms with Crippen LogP contribution in [-0.4, -0.2) is 58.7 Å². The summed E-state index contributed by atoms with van der Waals surface area (Å²) in [5.41, 5.74) is 0.580. The largest absolute Gasteiger partial charge is 0.508 e. The van der Waals surface area contributed by atoms with Crippen LogP contribution in [-0.2, 0) is 9.47 Å². The van der Waals surface area contributed by atoms with Crippen molar-refractivity contribution in [1.29, 1.82) is 0 Å². The van der Waals surface area contributed by atoms with Crippen LogP contribution < -0.4 is 4.74 Å². The molecule has 0 amide bonds. The van der Waals surface area contributed by atoms with Crippen LogP contribution in [0.4, 0.5) is 0 Å². The van der Waals surface area contributed by atoms with Crippen molar-refractivity contribution in [1.82, 2.24) is 0 Å². The standard InChI is InChI=1S/C14H18O7/c1-19-13-7-4-6(16)2-3-8(7)20-14-10(13)12(18)11(17)9(5-15)21-14/h2-4,9-18H,5H2,1H3/t9-,10?,11+,12-,13+,14?/m1/s1. The molecule has 7 heteroatoms. The van der Waals surface area contributed by atoms with Crippen molar-refractivity contribution in [3.05, 3.63) is 23.8 Å². The molecule has 1 aromatic carbocycles. The average Bonchev–Trinajstić information content (AvgIpc) is 2.49. The highest BCUT2D eigenvalue weighted by atomic mass is 16.7. The lowest BCUT2D eigenvalue weighted by atomic mass is 9.82. The molecule has 7 nitrogen and oxygen atoms in total. The Kier molecular flexibility index (Phi) is 3.76. The van der Waals surface area contributed by atoms with Crippen molar-refractivity contribution in [3.8, 4) is 11.5 Å². The first kappa shape index (κ1) is 14.6. The quantitative estimate of drug-likeness (QED) is 0.584. The summed E-state index contributed by atoms with van der Waals surface area (Å²) in [5, 5.41) is 39.1. The molecule has 3 rings (SSSR count). The summed E-state index contributed by atoms with van der Waals surface area (Å²) in [4.78, 5) is 0. The topological polar surface area (TPSA) is 109 Å². The molecule has 0 saturated carbocycles. The van der Waals surface area contributed by atoms with E-state index in [9.17, 15) is 20.4 Å². The smallest absolute Gasteiger partial charge is 0.208 e. The monoisotopic (exact) mass is 298 g/mol. The van der Waals surface area contributed by atoms with Crippen LogP contribution in [0.25, 0.3) is 0 Å². The van der Waals surface area contributed by atoms with Crippen LogP contribution in [0, 0.1) is 5.92 Å². The van der Waals surface area contributed by atoms with Crippen LogP contribution in [0.1, 0.15) is 11.7 Å². The highest BCUT2D eigenvalue weighted by Crippen LogP contribution is 2.46. The SMILES string of the molecule is CO[C@H]1c2cc(O)ccc2OC2O[C@H](CO)[C@H](O)[C@H](O)C21. The van der Waals surface area contributed by atoms with Gasteiger partial charge in [0.2, 0.25) is 6.29 Å². The molecule has 2 aliphatic rings. The number of aliphatic hydroxyl groups excluding tert-OH is 3. The van der Waals surface area contributed by atoms with E-state index in [-0.39, 0.29) is 5.75 Å². The first-order chi connectivity index (χ1) is 10.1. The van der Waals surface area contributed by atoms with E-state index >= 15 is 0 Å². The molecular weight excluding hydrogens is 280 g/mol. The normalized spacial score (nSPS) is 38.3. The van der Waals surface area contributed by atoms with Crippen molar-refractivity contribution in [2.24, 2.45) is 5.92 Å². The number of fused-ring (bicyclic) bond motifs is 2. The van der Waals surface area contributed by atoms with E-state index in [2.05, 4.69) is 0 Å². The third-order valence-electron chi connectivity index (χ3n) is 4.07. The van der Waals surface area contributed by atoms with E-state index in [1.54, 1.807) is 6.07 Å². The second-order valence-corrected chi connectivity index (χ2v) is 5.28. The summed E-state index contributed by atoms with van der Waals surface area (Å²) in [6, 6.07) is 4.56. The van der Waals surface area contributed by atoms with E-state index in [1.807, 2.05) is 0 Å². The summed E-state index contributed by atoms with van der Waals surface area (Å²) < 4.78 is 16.6. The van der Waals surface area contributed by atoms with Gasteiger partial charge >= 0.3 is 0 Å². The van der Waals surface area contributed by atoms with Gasteiger partial charge < -0.3 is 34.6 Å². The van der Waals surface area contributed by atoms with Crippen molar-refractivity contribution in [3.63, 3.8) is 0 Å². The van der Waals surface area contributed by atoms with E-state index in [0.29, 0.717) is 11.3 Å². The first-order valence-electron chi connectivity index (χ1n) is 6.71. The number of phenolic OH excluding ortho intramolecular Hbond substituents is 1. The maximum absolute atomic E-state index is 10.3. The molecule has 1 saturated heterocycles. The number of ether oxygens (including phenoxy) is 3. The zero-order chi connectivity index (χ0) is 15.1. The van der Waals surface area contributed by atoms with Gasteiger partial charge in [0.05, 0.1) is 24.7 Å². The minimum atomic E-state index is -1.24. The van der Waals surface area contributed by atoms with Gasteiger partial charge in [0.15, 0.2) is 0 Å². The number of aliphatic hydroxyl groups is 3. The molecular formula is C14H18O7. The highest BCUT2D eigenvalue weighted by Gasteiger charge is 2.52. The molecule has 116 valence electrons. The molecule has 6 atom stereocenters. The number of methoxy groups -OCH3 is 1. The van der Waals surface area contributed by atoms with Crippen LogP contribution in [0.5, 0.6) is 11.5 Å². The second-order valence-electron chi connectivity index (χ2n) is 5.28. The minimum absolute atomic E-state index is 0.0536. The van der Waals surface area contributed by atoms with Crippen LogP contribution >= 0.6 is 0 Å². The number of benzene rings is 1. The van der Waals surface area contributed by atoms with E-state index in [4.69, 9.17) is 14.2 Å². The molecule has 0 radical (unpaired) electrons. The van der Waals surface area contributed by atoms with Gasteiger partial charge in [0, 0.05) is 12.7 Å². The molecule has 1 aromatic rings. The second kappa shape index (κ2) is 5.43. The summed E-state index contributed by atoms with van der Waals surface area (Å²) in [7, 11) is 1.47. The zero-order valence-electron chi connectivity index (χ0n) is 11.4. The molecule has 1 fully saturated rings. The number of hydrogen-bond donors (Lipinski definition) is 4. The van der Waals surface area contributed by atoms with Crippen molar-refractivity contribution < 1.29 is 34.6 Å². The third kappa shape index (κ3) is 2.27. The predicted octanol–water partition coefficient (Wildman–Crippen LogP) is -0.473. The Bertz CT molecular complexity index is 520. The number of hydrogen-bond acceptors (Lipinski definition) is 7. The van der Waals surface area contributed by atoms with E-state index in [0.717, 1.165) is 0 Å². The molecule has 2 aliphatic heterocycles. The molecule has 0 aromatic heterocycles. The molecule has 2 heterocycles. The van der Waals surface area contributed by atoms with Crippen molar-refractivity contribution in [2.75, 3.05) is 13.7 Å². The summed E-state index contributed by atoms with van der Waals surface area (Å²) >= 11 is 0. The fourth-order valence-corrected chi connectivity index (χ4v) is 3.01. The predicted molar refractivity (Wildman–Crippen MR) is 69.7 cm³/mol. The Morgan fingerprint density at radius 3 is 2.67 bits per heavy atom. The first-order valence-corrected chi connectivity index (χ1v) is 6.71. The van der Waals surface area contributed by atoms with Crippen LogP contribution in [0.15, 0.2) is 18.2 Å². The number of aromatic hydroxyl groups is 1. The Balaban J connectivity index is 2.00. The van der Waals surface area contributed by atoms with Gasteiger partial charge in [0.25, 0.3) is 0 Å². The number of phenols is 1. The maximum atomic E-state index is 10.3. The summed E-state index contributed by atoms with van der Waals surface area (Å²) in [6.07, 6.45) is -4.78. The maximum Gasteiger partial charge on any atom is 0.208 e. The Morgan fingerprint density at radius 2 is 2.00 bits per heavy atom. The number of rotatable bonds is 2. The van der Waals surface area contributed by atoms with Gasteiger partial charge in [-0.2, -0.15) is 0 Å². The minimum Gasteiger partial charge on any atom is -0.508 e. The van der Waals surface area contributed by atoms with E-state index < -0.39 is 43.2 Å². The van der Waals surface area contributed by atoms with Gasteiger partial charge in [-0.3, -0.25) is 0 Å². The molecule has 4 N–H and O–H groups in total. The Morgan fingerprint density at radius 1 is 1.24 bits per heavy atom. The third-order valence-corrected chi connectivity index (χ3v) is 4.07. The lowest BCUT2D eigenvalue weighted by Crippen LogP contribution is -2.60. The van der Waals surface area contributed by atoms with Crippen LogP contribution in [0.2, 0.25) is 0 Å². The van der Waals surface area contributed by atoms with Gasteiger partial charge in [-0.1, -0.05) is 0 Å². The highest BCUT2D eigenvalue weighted by molar-refractivity contribution is 5.43. The molecule has 0 spiro atoms. The lowest BCUT2D eigenvalue weighted by molar-refractivity contribution is -0.285. The summed E-state index contributed by atoms with van der Waals surface area (Å²) in [5.74, 6) is -0.138. The van der Waals surface area contributed by atoms with Gasteiger partial charge in [-0.15, -0.1) is 0 Å². The van der Waals surface area contributed by atoms with E-state index in [1.165, 1.54) is 19.2 Å².